The Kier molecular flexibility index (Phi) is 6.07. The van der Waals surface area contributed by atoms with E-state index in [-0.39, 0.29) is 35.3 Å². The summed E-state index contributed by atoms with van der Waals surface area (Å²) < 4.78 is 7.54. The Morgan fingerprint density at radius 1 is 1.17 bits per heavy atom. The van der Waals surface area contributed by atoms with Crippen LogP contribution in [0.5, 0.6) is 5.75 Å². The fraction of sp³-hybridized carbons (Fsp3) is 0.318. The Hall–Kier alpha value is -2.67. The zero-order valence-corrected chi connectivity index (χ0v) is 18.4. The van der Waals surface area contributed by atoms with E-state index in [0.29, 0.717) is 16.9 Å². The SMILES string of the molecule is CC(C)c1cc(C(=O)OCc2cc(=O)n3cc(Br)ccc3n2)c(O)c(C(C)C)c1. The maximum absolute atomic E-state index is 12.7. The number of phenolic OH excluding ortho intramolecular Hbond substituents is 1. The lowest BCUT2D eigenvalue weighted by molar-refractivity contribution is 0.0464. The van der Waals surface area contributed by atoms with Gasteiger partial charge in [-0.2, -0.15) is 0 Å². The monoisotopic (exact) mass is 458 g/mol. The summed E-state index contributed by atoms with van der Waals surface area (Å²) in [6, 6.07) is 8.39. The normalized spacial score (nSPS) is 11.4. The molecule has 2 heterocycles. The van der Waals surface area contributed by atoms with Crippen LogP contribution in [0.2, 0.25) is 0 Å². The number of nitrogens with zero attached hydrogens (tertiary/aromatic N) is 2. The summed E-state index contributed by atoms with van der Waals surface area (Å²) in [6.45, 7) is 7.80. The van der Waals surface area contributed by atoms with Crippen LogP contribution in [0.4, 0.5) is 0 Å². The van der Waals surface area contributed by atoms with Crippen molar-refractivity contribution in [2.24, 2.45) is 0 Å². The number of pyridine rings is 1. The van der Waals surface area contributed by atoms with Crippen molar-refractivity contribution in [1.82, 2.24) is 9.38 Å². The second-order valence-corrected chi connectivity index (χ2v) is 8.47. The summed E-state index contributed by atoms with van der Waals surface area (Å²) in [5.74, 6) is -0.460. The van der Waals surface area contributed by atoms with Gasteiger partial charge < -0.3 is 9.84 Å². The molecule has 29 heavy (non-hydrogen) atoms. The molecular formula is C22H23BrN2O4. The van der Waals surface area contributed by atoms with Gasteiger partial charge in [-0.05, 0) is 57.1 Å². The number of hydrogen-bond acceptors (Lipinski definition) is 5. The van der Waals surface area contributed by atoms with Crippen molar-refractivity contribution in [3.8, 4) is 5.75 Å². The van der Waals surface area contributed by atoms with Gasteiger partial charge in [0.15, 0.2) is 0 Å². The zero-order valence-electron chi connectivity index (χ0n) is 16.8. The molecule has 0 bridgehead atoms. The van der Waals surface area contributed by atoms with Gasteiger partial charge in [-0.3, -0.25) is 9.20 Å². The fourth-order valence-electron chi connectivity index (χ4n) is 3.03. The minimum absolute atomic E-state index is 0.0572. The van der Waals surface area contributed by atoms with Crippen molar-refractivity contribution in [2.75, 3.05) is 0 Å². The Morgan fingerprint density at radius 3 is 2.55 bits per heavy atom. The van der Waals surface area contributed by atoms with Crippen LogP contribution in [0.1, 0.15) is 66.7 Å². The van der Waals surface area contributed by atoms with Crippen molar-refractivity contribution < 1.29 is 14.6 Å². The van der Waals surface area contributed by atoms with Crippen molar-refractivity contribution >= 4 is 27.5 Å². The van der Waals surface area contributed by atoms with E-state index < -0.39 is 5.97 Å². The minimum atomic E-state index is -0.648. The zero-order chi connectivity index (χ0) is 21.3. The summed E-state index contributed by atoms with van der Waals surface area (Å²) in [6.07, 6.45) is 1.63. The van der Waals surface area contributed by atoms with Crippen LogP contribution >= 0.6 is 15.9 Å². The van der Waals surface area contributed by atoms with Gasteiger partial charge in [-0.1, -0.05) is 33.8 Å². The number of phenols is 1. The molecule has 0 unspecified atom stereocenters. The molecule has 3 rings (SSSR count). The summed E-state index contributed by atoms with van der Waals surface area (Å²) in [4.78, 5) is 29.3. The molecule has 0 aliphatic heterocycles. The molecule has 152 valence electrons. The number of ether oxygens (including phenoxy) is 1. The van der Waals surface area contributed by atoms with Crippen molar-refractivity contribution in [1.29, 1.82) is 0 Å². The van der Waals surface area contributed by atoms with Gasteiger partial charge >= 0.3 is 5.97 Å². The highest BCUT2D eigenvalue weighted by atomic mass is 79.9. The molecule has 0 aliphatic rings. The standard InChI is InChI=1S/C22H23BrN2O4/c1-12(2)14-7-17(13(3)4)21(27)18(8-14)22(28)29-11-16-9-20(26)25-10-15(23)5-6-19(25)24-16/h5-10,12-13,27H,11H2,1-4H3. The topological polar surface area (TPSA) is 80.9 Å². The highest BCUT2D eigenvalue weighted by Gasteiger charge is 2.20. The molecule has 6 nitrogen and oxygen atoms in total. The van der Waals surface area contributed by atoms with E-state index in [1.165, 1.54) is 10.5 Å². The summed E-state index contributed by atoms with van der Waals surface area (Å²) in [5.41, 5.74) is 2.31. The van der Waals surface area contributed by atoms with Crippen LogP contribution in [0.25, 0.3) is 5.65 Å². The van der Waals surface area contributed by atoms with Crippen LogP contribution in [0.15, 0.2) is 45.8 Å². The molecule has 0 radical (unpaired) electrons. The lowest BCUT2D eigenvalue weighted by Crippen LogP contribution is -2.17. The Labute approximate surface area is 177 Å². The predicted octanol–water partition coefficient (Wildman–Crippen LogP) is 4.77. The lowest BCUT2D eigenvalue weighted by atomic mass is 9.92. The third kappa shape index (κ3) is 4.50. The van der Waals surface area contributed by atoms with Crippen LogP contribution in [0.3, 0.4) is 0 Å². The molecule has 1 N–H and O–H groups in total. The summed E-state index contributed by atoms with van der Waals surface area (Å²) in [7, 11) is 0. The van der Waals surface area contributed by atoms with Gasteiger partial charge in [0.1, 0.15) is 23.6 Å². The van der Waals surface area contributed by atoms with E-state index in [1.54, 1.807) is 24.4 Å². The van der Waals surface area contributed by atoms with E-state index in [2.05, 4.69) is 20.9 Å². The number of carbonyl (C=O) groups excluding carboxylic acids is 1. The Bertz CT molecular complexity index is 1140. The first-order valence-electron chi connectivity index (χ1n) is 9.39. The second-order valence-electron chi connectivity index (χ2n) is 7.55. The van der Waals surface area contributed by atoms with Crippen LogP contribution in [-0.2, 0) is 11.3 Å². The Balaban J connectivity index is 1.88. The average Bonchev–Trinajstić information content (AvgIpc) is 2.66. The van der Waals surface area contributed by atoms with Gasteiger partial charge in [0.2, 0.25) is 0 Å². The lowest BCUT2D eigenvalue weighted by Gasteiger charge is -2.16. The van der Waals surface area contributed by atoms with E-state index in [0.717, 1.165) is 10.0 Å². The first-order chi connectivity index (χ1) is 13.7. The first-order valence-corrected chi connectivity index (χ1v) is 10.2. The van der Waals surface area contributed by atoms with Crippen molar-refractivity contribution in [2.45, 2.75) is 46.1 Å². The van der Waals surface area contributed by atoms with Gasteiger partial charge in [0.25, 0.3) is 5.56 Å². The first kappa shape index (κ1) is 21.0. The molecule has 3 aromatic rings. The second kappa shape index (κ2) is 8.37. The smallest absolute Gasteiger partial charge is 0.342 e. The van der Waals surface area contributed by atoms with Crippen LogP contribution in [0, 0.1) is 0 Å². The van der Waals surface area contributed by atoms with Crippen LogP contribution in [-0.4, -0.2) is 20.5 Å². The van der Waals surface area contributed by atoms with E-state index in [9.17, 15) is 14.7 Å². The van der Waals surface area contributed by atoms with Crippen molar-refractivity contribution in [3.05, 3.63) is 73.7 Å². The van der Waals surface area contributed by atoms with E-state index in [1.807, 2.05) is 33.8 Å². The van der Waals surface area contributed by atoms with E-state index in [4.69, 9.17) is 4.74 Å². The molecule has 0 atom stereocenters. The molecule has 0 fully saturated rings. The predicted molar refractivity (Wildman–Crippen MR) is 115 cm³/mol. The molecule has 0 aliphatic carbocycles. The highest BCUT2D eigenvalue weighted by molar-refractivity contribution is 9.10. The number of carbonyl (C=O) groups is 1. The third-order valence-corrected chi connectivity index (χ3v) is 5.17. The number of halogens is 1. The van der Waals surface area contributed by atoms with E-state index >= 15 is 0 Å². The molecule has 0 amide bonds. The fourth-order valence-corrected chi connectivity index (χ4v) is 3.36. The molecular weight excluding hydrogens is 436 g/mol. The Morgan fingerprint density at radius 2 is 1.90 bits per heavy atom. The number of aromatic hydroxyl groups is 1. The maximum atomic E-state index is 12.7. The van der Waals surface area contributed by atoms with Crippen LogP contribution < -0.4 is 5.56 Å². The highest BCUT2D eigenvalue weighted by Crippen LogP contribution is 2.33. The van der Waals surface area contributed by atoms with Gasteiger partial charge in [0.05, 0.1) is 5.69 Å². The number of hydrogen-bond donors (Lipinski definition) is 1. The van der Waals surface area contributed by atoms with Gasteiger partial charge in [0, 0.05) is 16.7 Å². The van der Waals surface area contributed by atoms with Gasteiger partial charge in [-0.25, -0.2) is 9.78 Å². The summed E-state index contributed by atoms with van der Waals surface area (Å²) in [5, 5.41) is 10.6. The quantitative estimate of drug-likeness (QED) is 0.557. The maximum Gasteiger partial charge on any atom is 0.342 e. The number of benzene rings is 1. The number of aromatic nitrogens is 2. The molecule has 7 heteroatoms. The molecule has 2 aromatic heterocycles. The molecule has 0 spiro atoms. The largest absolute Gasteiger partial charge is 0.507 e. The molecule has 0 saturated carbocycles. The minimum Gasteiger partial charge on any atom is -0.507 e. The van der Waals surface area contributed by atoms with Gasteiger partial charge in [-0.15, -0.1) is 0 Å². The molecule has 0 saturated heterocycles. The third-order valence-electron chi connectivity index (χ3n) is 4.70. The molecule has 1 aromatic carbocycles. The number of esters is 1. The average molecular weight is 459 g/mol. The van der Waals surface area contributed by atoms with Crippen molar-refractivity contribution in [3.63, 3.8) is 0 Å². The number of rotatable bonds is 5. The summed E-state index contributed by atoms with van der Waals surface area (Å²) >= 11 is 3.32. The number of fused-ring (bicyclic) bond motifs is 1.